The Bertz CT molecular complexity index is 881. The van der Waals surface area contributed by atoms with Crippen LogP contribution in [0.15, 0.2) is 17.7 Å². The number of hydrogen-bond acceptors (Lipinski definition) is 0. The second-order valence-electron chi connectivity index (χ2n) is 11.8. The van der Waals surface area contributed by atoms with E-state index in [9.17, 15) is 4.39 Å². The summed E-state index contributed by atoms with van der Waals surface area (Å²) in [5.41, 5.74) is 5.64. The van der Waals surface area contributed by atoms with E-state index in [0.29, 0.717) is 10.1 Å². The van der Waals surface area contributed by atoms with E-state index < -0.39 is 15.2 Å². The molecule has 1 saturated heterocycles. The average molecular weight is 397 g/mol. The van der Waals surface area contributed by atoms with E-state index >= 15 is 0 Å². The number of halogens is 1. The minimum absolute atomic E-state index is 0.0319. The molecule has 2 unspecified atom stereocenters. The van der Waals surface area contributed by atoms with Gasteiger partial charge in [0.15, 0.2) is 0 Å². The molecule has 7 rings (SSSR count). The fourth-order valence-corrected chi connectivity index (χ4v) is 33.6. The molecular weight excluding hydrogens is 363 g/mol. The lowest BCUT2D eigenvalue weighted by molar-refractivity contribution is -0.0180. The number of rotatable bonds is 1. The van der Waals surface area contributed by atoms with Crippen LogP contribution in [0.3, 0.4) is 0 Å². The summed E-state index contributed by atoms with van der Waals surface area (Å²) in [4.78, 5) is 0. The maximum Gasteiger partial charge on any atom is 0.127 e. The first-order valence-corrected chi connectivity index (χ1v) is 18.1. The van der Waals surface area contributed by atoms with E-state index in [1.807, 2.05) is 6.07 Å². The summed E-state index contributed by atoms with van der Waals surface area (Å²) in [5, 5.41) is 0. The van der Waals surface area contributed by atoms with Crippen LogP contribution in [0.2, 0.25) is 30.8 Å². The van der Waals surface area contributed by atoms with Gasteiger partial charge < -0.3 is 0 Å². The largest absolute Gasteiger partial charge is 0.207 e. The van der Waals surface area contributed by atoms with Gasteiger partial charge in [-0.3, -0.25) is 0 Å². The second kappa shape index (κ2) is 4.72. The average Bonchev–Trinajstić information content (AvgIpc) is 2.82. The zero-order chi connectivity index (χ0) is 19.0. The summed E-state index contributed by atoms with van der Waals surface area (Å²) in [6, 6.07) is 4.09. The summed E-state index contributed by atoms with van der Waals surface area (Å²) in [7, 11) is -2.47. The Morgan fingerprint density at radius 1 is 0.963 bits per heavy atom. The molecular formula is C24H33FSi2. The maximum atomic E-state index is 14.7. The van der Waals surface area contributed by atoms with Gasteiger partial charge in [-0.2, -0.15) is 0 Å². The molecule has 1 spiro atoms. The standard InChI is InChI=1S/C24H33FSi2/c1-15-8-19-20(9-15)22(25)7-6-21(19)23-13-16-10-17(14-23)12-18(11-16)24(23)26(2,3)27(24,4)5/h6-8,16-18H,9-14H2,1-5H3. The molecule has 5 fully saturated rings. The molecule has 3 heteroatoms. The normalized spacial score (nSPS) is 41.0. The molecule has 0 amide bonds. The monoisotopic (exact) mass is 396 g/mol. The van der Waals surface area contributed by atoms with Crippen LogP contribution in [-0.4, -0.2) is 15.2 Å². The van der Waals surface area contributed by atoms with E-state index in [4.69, 9.17) is 0 Å². The van der Waals surface area contributed by atoms with Crippen LogP contribution >= 0.6 is 0 Å². The minimum atomic E-state index is -1.24. The van der Waals surface area contributed by atoms with Gasteiger partial charge in [-0.15, -0.1) is 0 Å². The van der Waals surface area contributed by atoms with Crippen LogP contribution in [0.4, 0.5) is 4.39 Å². The Hall–Kier alpha value is -0.676. The van der Waals surface area contributed by atoms with Crippen LogP contribution in [-0.2, 0) is 11.8 Å². The molecule has 0 nitrogen and oxygen atoms in total. The van der Waals surface area contributed by atoms with Gasteiger partial charge in [0.25, 0.3) is 0 Å². The third-order valence-electron chi connectivity index (χ3n) is 10.7. The fourth-order valence-electron chi connectivity index (χ4n) is 10.0. The summed E-state index contributed by atoms with van der Waals surface area (Å²) < 4.78 is 15.4. The molecule has 4 saturated carbocycles. The van der Waals surface area contributed by atoms with E-state index in [-0.39, 0.29) is 5.82 Å². The first-order valence-electron chi connectivity index (χ1n) is 11.1. The molecule has 4 bridgehead atoms. The van der Waals surface area contributed by atoms with Crippen LogP contribution in [0.1, 0.15) is 55.7 Å². The maximum absolute atomic E-state index is 14.7. The fraction of sp³-hybridized carbons (Fsp3) is 0.667. The van der Waals surface area contributed by atoms with Crippen LogP contribution < -0.4 is 0 Å². The molecule has 0 radical (unpaired) electrons. The molecule has 27 heavy (non-hydrogen) atoms. The molecule has 1 aromatic carbocycles. The quantitative estimate of drug-likeness (QED) is 0.466. The zero-order valence-electron chi connectivity index (χ0n) is 17.6. The van der Waals surface area contributed by atoms with Gasteiger partial charge in [0.1, 0.15) is 5.82 Å². The van der Waals surface area contributed by atoms with Crippen molar-refractivity contribution in [3.63, 3.8) is 0 Å². The summed E-state index contributed by atoms with van der Waals surface area (Å²) >= 11 is 0. The third kappa shape index (κ3) is 1.62. The number of hydrogen-bond donors (Lipinski definition) is 0. The number of fused-ring (bicyclic) bond motifs is 1. The molecule has 1 heterocycles. The van der Waals surface area contributed by atoms with Crippen molar-refractivity contribution in [3.8, 4) is 0 Å². The van der Waals surface area contributed by atoms with Crippen LogP contribution in [0.25, 0.3) is 6.08 Å². The van der Waals surface area contributed by atoms with Crippen molar-refractivity contribution in [2.75, 3.05) is 0 Å². The molecule has 1 aromatic rings. The van der Waals surface area contributed by atoms with Crippen molar-refractivity contribution >= 4 is 21.3 Å². The lowest BCUT2D eigenvalue weighted by Gasteiger charge is -2.65. The number of allylic oxidation sites excluding steroid dienone is 1. The smallest absolute Gasteiger partial charge is 0.127 e. The highest BCUT2D eigenvalue weighted by atomic mass is 29.3. The lowest BCUT2D eigenvalue weighted by Crippen LogP contribution is -2.57. The van der Waals surface area contributed by atoms with Crippen molar-refractivity contribution in [2.24, 2.45) is 17.8 Å². The summed E-state index contributed by atoms with van der Waals surface area (Å²) in [5.74, 6) is 2.90. The van der Waals surface area contributed by atoms with E-state index in [0.717, 1.165) is 29.7 Å². The Morgan fingerprint density at radius 2 is 1.59 bits per heavy atom. The third-order valence-corrected chi connectivity index (χ3v) is 33.8. The highest BCUT2D eigenvalue weighted by Gasteiger charge is 2.89. The van der Waals surface area contributed by atoms with Crippen molar-refractivity contribution in [1.29, 1.82) is 0 Å². The zero-order valence-corrected chi connectivity index (χ0v) is 19.6. The minimum Gasteiger partial charge on any atom is -0.207 e. The SMILES string of the molecule is CC1=Cc2c(C34CC5CC(CC(C5)C35[Si](C)(C)[Si]5(C)C)C4)ccc(F)c2C1. The molecule has 144 valence electrons. The highest BCUT2D eigenvalue weighted by Crippen LogP contribution is 2.88. The summed E-state index contributed by atoms with van der Waals surface area (Å²) in [6.07, 6.45) is 10.5. The molecule has 2 atom stereocenters. The number of benzene rings is 1. The van der Waals surface area contributed by atoms with E-state index in [1.165, 1.54) is 43.2 Å². The first-order chi connectivity index (χ1) is 12.7. The first kappa shape index (κ1) is 17.2. The van der Waals surface area contributed by atoms with Crippen LogP contribution in [0, 0.1) is 23.6 Å². The lowest BCUT2D eigenvalue weighted by atomic mass is 9.46. The predicted octanol–water partition coefficient (Wildman–Crippen LogP) is 6.65. The Morgan fingerprint density at radius 3 is 2.19 bits per heavy atom. The second-order valence-corrected chi connectivity index (χ2v) is 27.9. The molecule has 5 aliphatic carbocycles. The van der Waals surface area contributed by atoms with E-state index in [1.54, 1.807) is 5.56 Å². The van der Waals surface area contributed by atoms with Gasteiger partial charge in [-0.1, -0.05) is 43.9 Å². The Balaban J connectivity index is 1.65. The highest BCUT2D eigenvalue weighted by molar-refractivity contribution is 7.61. The van der Waals surface area contributed by atoms with E-state index in [2.05, 4.69) is 45.3 Å². The predicted molar refractivity (Wildman–Crippen MR) is 117 cm³/mol. The van der Waals surface area contributed by atoms with Gasteiger partial charge in [-0.05, 0) is 96.0 Å². The van der Waals surface area contributed by atoms with Crippen molar-refractivity contribution < 1.29 is 4.39 Å². The summed E-state index contributed by atoms with van der Waals surface area (Å²) in [6.45, 7) is 13.2. The van der Waals surface area contributed by atoms with Gasteiger partial charge in [-0.25, -0.2) is 4.39 Å². The molecule has 0 aromatic heterocycles. The van der Waals surface area contributed by atoms with Crippen LogP contribution in [0.5, 0.6) is 0 Å². The Labute approximate surface area is 165 Å². The van der Waals surface area contributed by atoms with Gasteiger partial charge in [0.2, 0.25) is 0 Å². The molecule has 1 aliphatic heterocycles. The van der Waals surface area contributed by atoms with Crippen molar-refractivity contribution in [1.82, 2.24) is 0 Å². The van der Waals surface area contributed by atoms with Gasteiger partial charge >= 0.3 is 0 Å². The van der Waals surface area contributed by atoms with Gasteiger partial charge in [0.05, 0.1) is 0 Å². The topological polar surface area (TPSA) is 0 Å². The Kier molecular flexibility index (Phi) is 3.01. The van der Waals surface area contributed by atoms with Crippen molar-refractivity contribution in [2.45, 2.75) is 81.7 Å². The molecule has 6 aliphatic rings. The molecule has 0 N–H and O–H groups in total. The van der Waals surface area contributed by atoms with Crippen molar-refractivity contribution in [3.05, 3.63) is 40.2 Å². The van der Waals surface area contributed by atoms with Gasteiger partial charge in [0, 0.05) is 15.2 Å².